The van der Waals surface area contributed by atoms with Gasteiger partial charge in [-0.15, -0.1) is 12.8 Å². The normalized spacial score (nSPS) is 39.1. The first-order chi connectivity index (χ1) is 19.2. The van der Waals surface area contributed by atoms with E-state index in [-0.39, 0.29) is 41.8 Å². The van der Waals surface area contributed by atoms with Crippen molar-refractivity contribution in [3.63, 3.8) is 0 Å². The molecule has 5 rings (SSSR count). The van der Waals surface area contributed by atoms with Gasteiger partial charge >= 0.3 is 0 Å². The summed E-state index contributed by atoms with van der Waals surface area (Å²) in [7, 11) is 5.36. The van der Waals surface area contributed by atoms with Crippen molar-refractivity contribution in [3.05, 3.63) is 59.2 Å². The summed E-state index contributed by atoms with van der Waals surface area (Å²) >= 11 is 0. The van der Waals surface area contributed by atoms with E-state index < -0.39 is 28.7 Å². The number of nitrogens with zero attached hydrogens (tertiary/aromatic N) is 2. The summed E-state index contributed by atoms with van der Waals surface area (Å²) in [6.45, 7) is 8.64. The van der Waals surface area contributed by atoms with E-state index in [1.54, 1.807) is 24.1 Å². The van der Waals surface area contributed by atoms with Crippen LogP contribution in [0.25, 0.3) is 0 Å². The molecule has 7 heteroatoms. The van der Waals surface area contributed by atoms with Gasteiger partial charge in [0.05, 0.1) is 6.10 Å². The van der Waals surface area contributed by atoms with E-state index in [9.17, 15) is 14.7 Å². The van der Waals surface area contributed by atoms with Gasteiger partial charge in [0.1, 0.15) is 6.17 Å². The molecule has 0 aliphatic heterocycles. The molecule has 0 heterocycles. The van der Waals surface area contributed by atoms with Gasteiger partial charge in [-0.3, -0.25) is 14.4 Å². The second-order valence-corrected chi connectivity index (χ2v) is 13.2. The number of likely N-dealkylation sites (N-methyl/N-ethyl adjacent to an activating group) is 1. The van der Waals surface area contributed by atoms with Crippen molar-refractivity contribution in [2.75, 3.05) is 21.1 Å². The molecule has 0 radical (unpaired) electrons. The summed E-state index contributed by atoms with van der Waals surface area (Å²) in [6, 6.07) is 8.24. The predicted molar refractivity (Wildman–Crippen MR) is 158 cm³/mol. The molecule has 9 atom stereocenters. The zero-order valence-electron chi connectivity index (χ0n) is 25.4. The van der Waals surface area contributed by atoms with Gasteiger partial charge in [0.25, 0.3) is 5.91 Å². The van der Waals surface area contributed by atoms with Crippen molar-refractivity contribution in [2.24, 2.45) is 34.5 Å². The zero-order valence-corrected chi connectivity index (χ0v) is 25.4. The number of carbonyl (C=O) groups excluding carboxylic acids is 2. The molecule has 4 aliphatic rings. The summed E-state index contributed by atoms with van der Waals surface area (Å²) in [5, 5.41) is 13.6. The molecule has 6 nitrogen and oxygen atoms in total. The van der Waals surface area contributed by atoms with Crippen LogP contribution in [0, 0.1) is 54.3 Å². The van der Waals surface area contributed by atoms with Crippen LogP contribution >= 0.6 is 0 Å². The lowest BCUT2D eigenvalue weighted by atomic mass is 9.46. The molecule has 4 aliphatic carbocycles. The van der Waals surface area contributed by atoms with Gasteiger partial charge in [0, 0.05) is 44.4 Å². The second-order valence-electron chi connectivity index (χ2n) is 13.2. The number of benzene rings is 1. The Balaban J connectivity index is 0.00000189. The number of fused-ring (bicyclic) bond motifs is 5. The summed E-state index contributed by atoms with van der Waals surface area (Å²) < 4.78 is 15.8. The number of alkyl halides is 1. The third kappa shape index (κ3) is 4.78. The molecular weight excluding hydrogens is 519 g/mol. The molecule has 0 aromatic heterocycles. The minimum absolute atomic E-state index is 0.0276. The first kappa shape index (κ1) is 31.2. The number of aliphatic hydroxyl groups is 1. The SMILES string of the molecule is C#C.Cc1ccc(CN(C)O[C@]2(C(=O)N(C)C)[C@H](C)CC3C4C[C@H](F)C5=CC(=O)C=CC5(C)C4C(O)CC32C)cc1. The van der Waals surface area contributed by atoms with Gasteiger partial charge in [0.15, 0.2) is 11.4 Å². The summed E-state index contributed by atoms with van der Waals surface area (Å²) in [5.74, 6) is -0.891. The van der Waals surface area contributed by atoms with Crippen LogP contribution < -0.4 is 0 Å². The van der Waals surface area contributed by atoms with Crippen molar-refractivity contribution < 1.29 is 23.9 Å². The fourth-order valence-corrected chi connectivity index (χ4v) is 8.90. The maximum Gasteiger partial charge on any atom is 0.257 e. The fourth-order valence-electron chi connectivity index (χ4n) is 8.90. The standard InChI is InChI=1S/C32H43FN2O4.C2H2/c1-19-8-10-21(11-9-19)18-35(7)39-32(29(38)34(5)6)20(2)14-24-23-16-26(33)25-15-22(36)12-13-30(25,3)28(23)27(37)17-31(24,32)4;1-2/h8-13,15,20,23-24,26-28,37H,14,16-18H2,1-7H3;1-2H/t20-,23?,24?,26+,27?,28?,30?,31?,32+;/m1./s1. The largest absolute Gasteiger partial charge is 0.393 e. The average Bonchev–Trinajstić information content (AvgIpc) is 3.13. The van der Waals surface area contributed by atoms with E-state index in [1.807, 2.05) is 27.0 Å². The number of ketones is 1. The Morgan fingerprint density at radius 2 is 1.78 bits per heavy atom. The van der Waals surface area contributed by atoms with Crippen LogP contribution in [-0.2, 0) is 21.0 Å². The van der Waals surface area contributed by atoms with Crippen LogP contribution in [0.5, 0.6) is 0 Å². The molecule has 0 spiro atoms. The van der Waals surface area contributed by atoms with E-state index in [4.69, 9.17) is 4.84 Å². The molecule has 0 saturated heterocycles. The van der Waals surface area contributed by atoms with E-state index in [0.717, 1.165) is 5.56 Å². The van der Waals surface area contributed by atoms with E-state index >= 15 is 4.39 Å². The highest BCUT2D eigenvalue weighted by Crippen LogP contribution is 2.69. The lowest BCUT2D eigenvalue weighted by Gasteiger charge is -2.60. The van der Waals surface area contributed by atoms with Crippen LogP contribution in [0.2, 0.25) is 0 Å². The predicted octanol–water partition coefficient (Wildman–Crippen LogP) is 4.91. The van der Waals surface area contributed by atoms with Crippen molar-refractivity contribution in [3.8, 4) is 12.8 Å². The number of aryl methyl sites for hydroxylation is 1. The first-order valence-electron chi connectivity index (χ1n) is 14.5. The minimum atomic E-state index is -1.26. The van der Waals surface area contributed by atoms with Crippen molar-refractivity contribution in [1.29, 1.82) is 0 Å². The molecule has 6 unspecified atom stereocenters. The molecule has 41 heavy (non-hydrogen) atoms. The maximum atomic E-state index is 15.8. The number of amides is 1. The highest BCUT2D eigenvalue weighted by molar-refractivity contribution is 6.01. The summed E-state index contributed by atoms with van der Waals surface area (Å²) in [6.07, 6.45) is 12.0. The number of terminal acetylenes is 1. The Morgan fingerprint density at radius 3 is 2.39 bits per heavy atom. The van der Waals surface area contributed by atoms with Crippen LogP contribution in [-0.4, -0.2) is 65.8 Å². The Bertz CT molecular complexity index is 1250. The molecule has 3 fully saturated rings. The van der Waals surface area contributed by atoms with Crippen LogP contribution in [0.1, 0.15) is 51.2 Å². The lowest BCUT2D eigenvalue weighted by molar-refractivity contribution is -0.290. The van der Waals surface area contributed by atoms with Gasteiger partial charge in [-0.25, -0.2) is 4.39 Å². The molecule has 1 aromatic carbocycles. The monoisotopic (exact) mass is 564 g/mol. The Morgan fingerprint density at radius 1 is 1.15 bits per heavy atom. The van der Waals surface area contributed by atoms with Gasteiger partial charge < -0.3 is 10.0 Å². The van der Waals surface area contributed by atoms with Gasteiger partial charge in [-0.2, -0.15) is 5.06 Å². The average molecular weight is 565 g/mol. The summed E-state index contributed by atoms with van der Waals surface area (Å²) in [5.41, 5.74) is 0.0595. The number of carbonyl (C=O) groups is 2. The number of hydrogen-bond donors (Lipinski definition) is 1. The van der Waals surface area contributed by atoms with Crippen molar-refractivity contribution in [2.45, 2.75) is 71.4 Å². The number of hydrogen-bond acceptors (Lipinski definition) is 5. The van der Waals surface area contributed by atoms with E-state index in [1.165, 1.54) is 17.7 Å². The molecule has 1 N–H and O–H groups in total. The van der Waals surface area contributed by atoms with Crippen molar-refractivity contribution in [1.82, 2.24) is 9.96 Å². The second kappa shape index (κ2) is 11.1. The Hall–Kier alpha value is -2.79. The van der Waals surface area contributed by atoms with Gasteiger partial charge in [0.2, 0.25) is 0 Å². The smallest absolute Gasteiger partial charge is 0.257 e. The van der Waals surface area contributed by atoms with Crippen LogP contribution in [0.3, 0.4) is 0 Å². The number of rotatable bonds is 5. The first-order valence-corrected chi connectivity index (χ1v) is 14.5. The Labute approximate surface area is 244 Å². The van der Waals surface area contributed by atoms with E-state index in [0.29, 0.717) is 25.0 Å². The number of allylic oxidation sites excluding steroid dienone is 4. The summed E-state index contributed by atoms with van der Waals surface area (Å²) in [4.78, 5) is 34.7. The topological polar surface area (TPSA) is 70.1 Å². The van der Waals surface area contributed by atoms with E-state index in [2.05, 4.69) is 51.0 Å². The number of halogens is 1. The molecule has 1 amide bonds. The third-order valence-corrected chi connectivity index (χ3v) is 10.6. The zero-order chi connectivity index (χ0) is 30.5. The van der Waals surface area contributed by atoms with Crippen LogP contribution in [0.15, 0.2) is 48.1 Å². The number of aliphatic hydroxyl groups excluding tert-OH is 1. The molecule has 0 bridgehead atoms. The number of hydroxylamine groups is 2. The van der Waals surface area contributed by atoms with Crippen molar-refractivity contribution >= 4 is 11.7 Å². The molecule has 222 valence electrons. The minimum Gasteiger partial charge on any atom is -0.393 e. The van der Waals surface area contributed by atoms with Gasteiger partial charge in [-0.05, 0) is 67.2 Å². The lowest BCUT2D eigenvalue weighted by Crippen LogP contribution is -2.66. The van der Waals surface area contributed by atoms with Gasteiger partial charge in [-0.1, -0.05) is 56.7 Å². The molecule has 1 aromatic rings. The Kier molecular flexibility index (Phi) is 8.46. The molecule has 3 saturated carbocycles. The third-order valence-electron chi connectivity index (χ3n) is 10.6. The fraction of sp³-hybridized carbons (Fsp3) is 0.588. The quantitative estimate of drug-likeness (QED) is 0.407. The maximum absolute atomic E-state index is 15.8. The van der Waals surface area contributed by atoms with Crippen LogP contribution in [0.4, 0.5) is 4.39 Å². The molecular formula is C34H45FN2O4. The highest BCUT2D eigenvalue weighted by Gasteiger charge is 2.73. The highest BCUT2D eigenvalue weighted by atomic mass is 19.1.